The highest BCUT2D eigenvalue weighted by molar-refractivity contribution is 5.95. The topological polar surface area (TPSA) is 88.1 Å². The molecular formula is C31H32N6O. The Balaban J connectivity index is 1.44. The van der Waals surface area contributed by atoms with Crippen LogP contribution < -0.4 is 5.32 Å². The van der Waals surface area contributed by atoms with Crippen LogP contribution in [0.4, 0.5) is 11.4 Å². The molecule has 1 amide bonds. The van der Waals surface area contributed by atoms with Crippen LogP contribution in [-0.2, 0) is 0 Å². The van der Waals surface area contributed by atoms with Crippen LogP contribution in [0.1, 0.15) is 43.9 Å². The Kier molecular flexibility index (Phi) is 6.99. The van der Waals surface area contributed by atoms with Gasteiger partial charge in [0.05, 0.1) is 11.3 Å². The number of hydrogen-bond acceptors (Lipinski definition) is 5. The third-order valence-electron chi connectivity index (χ3n) is 7.44. The van der Waals surface area contributed by atoms with Gasteiger partial charge in [0.15, 0.2) is 0 Å². The maximum atomic E-state index is 13.0. The molecule has 2 aromatic heterocycles. The summed E-state index contributed by atoms with van der Waals surface area (Å²) in [6.07, 6.45) is 7.57. The van der Waals surface area contributed by atoms with E-state index in [9.17, 15) is 10.1 Å². The van der Waals surface area contributed by atoms with E-state index >= 15 is 0 Å². The largest absolute Gasteiger partial charge is 0.361 e. The first-order valence-electron chi connectivity index (χ1n) is 12.9. The molecule has 5 rings (SSSR count). The summed E-state index contributed by atoms with van der Waals surface area (Å²) in [4.78, 5) is 24.9. The number of benzene rings is 2. The molecule has 2 aromatic carbocycles. The van der Waals surface area contributed by atoms with Gasteiger partial charge in [0.2, 0.25) is 0 Å². The van der Waals surface area contributed by atoms with Crippen LogP contribution in [0.3, 0.4) is 0 Å². The van der Waals surface area contributed by atoms with E-state index in [2.05, 4.69) is 46.3 Å². The van der Waals surface area contributed by atoms with Crippen molar-refractivity contribution in [3.8, 4) is 6.07 Å². The number of nitriles is 1. The van der Waals surface area contributed by atoms with Gasteiger partial charge in [-0.3, -0.25) is 9.78 Å². The van der Waals surface area contributed by atoms with E-state index in [0.717, 1.165) is 76.4 Å². The molecule has 0 bridgehead atoms. The molecule has 0 radical (unpaired) electrons. The number of nitrogens with one attached hydrogen (secondary N) is 2. The lowest BCUT2D eigenvalue weighted by Crippen LogP contribution is -2.47. The molecule has 7 heteroatoms. The van der Waals surface area contributed by atoms with Crippen molar-refractivity contribution in [1.82, 2.24) is 19.8 Å². The Morgan fingerprint density at radius 3 is 2.61 bits per heavy atom. The summed E-state index contributed by atoms with van der Waals surface area (Å²) in [5.74, 6) is 0.0831. The third kappa shape index (κ3) is 4.91. The highest BCUT2D eigenvalue weighted by atomic mass is 16.2. The van der Waals surface area contributed by atoms with Gasteiger partial charge in [-0.15, -0.1) is 0 Å². The minimum atomic E-state index is 0.0831. The van der Waals surface area contributed by atoms with Crippen molar-refractivity contribution in [2.24, 2.45) is 0 Å². The molecule has 1 aliphatic heterocycles. The Bertz CT molecular complexity index is 1580. The minimum Gasteiger partial charge on any atom is -0.361 e. The van der Waals surface area contributed by atoms with Gasteiger partial charge in [-0.25, -0.2) is 0 Å². The van der Waals surface area contributed by atoms with Crippen LogP contribution in [0, 0.1) is 32.1 Å². The average Bonchev–Trinajstić information content (AvgIpc) is 3.40. The van der Waals surface area contributed by atoms with Crippen molar-refractivity contribution in [3.63, 3.8) is 0 Å². The molecular weight excluding hydrogens is 472 g/mol. The van der Waals surface area contributed by atoms with Gasteiger partial charge in [-0.2, -0.15) is 5.26 Å². The van der Waals surface area contributed by atoms with Gasteiger partial charge in [0.1, 0.15) is 6.07 Å². The van der Waals surface area contributed by atoms with Gasteiger partial charge < -0.3 is 20.1 Å². The normalized spacial score (nSPS) is 14.2. The number of aromatic amines is 1. The summed E-state index contributed by atoms with van der Waals surface area (Å²) in [7, 11) is 2.08. The summed E-state index contributed by atoms with van der Waals surface area (Å²) in [6, 6.07) is 14.3. The minimum absolute atomic E-state index is 0.0831. The first kappa shape index (κ1) is 25.2. The number of rotatable bonds is 5. The number of piperazine rings is 1. The summed E-state index contributed by atoms with van der Waals surface area (Å²) in [5.41, 5.74) is 8.75. The lowest BCUT2D eigenvalue weighted by molar-refractivity contribution is 0.0664. The van der Waals surface area contributed by atoms with E-state index in [1.54, 1.807) is 6.20 Å². The second-order valence-electron chi connectivity index (χ2n) is 9.96. The molecule has 1 aliphatic rings. The molecule has 0 spiro atoms. The van der Waals surface area contributed by atoms with Crippen LogP contribution >= 0.6 is 0 Å². The van der Waals surface area contributed by atoms with Crippen LogP contribution in [-0.4, -0.2) is 58.9 Å². The summed E-state index contributed by atoms with van der Waals surface area (Å²) >= 11 is 0. The van der Waals surface area contributed by atoms with Gasteiger partial charge >= 0.3 is 0 Å². The van der Waals surface area contributed by atoms with Crippen molar-refractivity contribution in [2.75, 3.05) is 38.5 Å². The number of hydrogen-bond donors (Lipinski definition) is 2. The van der Waals surface area contributed by atoms with Crippen LogP contribution in [0.15, 0.2) is 48.8 Å². The fourth-order valence-corrected chi connectivity index (χ4v) is 4.96. The van der Waals surface area contributed by atoms with Gasteiger partial charge in [-0.1, -0.05) is 18.2 Å². The van der Waals surface area contributed by atoms with Gasteiger partial charge in [-0.05, 0) is 74.8 Å². The number of H-pyrrole nitrogens is 1. The van der Waals surface area contributed by atoms with E-state index in [4.69, 9.17) is 0 Å². The Morgan fingerprint density at radius 1 is 1.08 bits per heavy atom. The second kappa shape index (κ2) is 10.5. The Labute approximate surface area is 223 Å². The number of carbonyl (C=O) groups excluding carboxylic acids is 1. The summed E-state index contributed by atoms with van der Waals surface area (Å²) in [6.45, 7) is 9.34. The predicted molar refractivity (Wildman–Crippen MR) is 154 cm³/mol. The molecule has 38 heavy (non-hydrogen) atoms. The van der Waals surface area contributed by atoms with E-state index in [-0.39, 0.29) is 5.91 Å². The van der Waals surface area contributed by atoms with Crippen LogP contribution in [0.5, 0.6) is 0 Å². The number of carbonyl (C=O) groups is 1. The van der Waals surface area contributed by atoms with E-state index in [0.29, 0.717) is 11.1 Å². The molecule has 1 saturated heterocycles. The molecule has 3 heterocycles. The number of amides is 1. The lowest BCUT2D eigenvalue weighted by Gasteiger charge is -2.32. The molecule has 0 saturated carbocycles. The van der Waals surface area contributed by atoms with Crippen molar-refractivity contribution < 1.29 is 4.79 Å². The highest BCUT2D eigenvalue weighted by Gasteiger charge is 2.20. The quantitative estimate of drug-likeness (QED) is 0.366. The molecule has 1 fully saturated rings. The Morgan fingerprint density at radius 2 is 1.87 bits per heavy atom. The summed E-state index contributed by atoms with van der Waals surface area (Å²) < 4.78 is 0. The monoisotopic (exact) mass is 504 g/mol. The van der Waals surface area contributed by atoms with E-state index in [1.165, 1.54) is 0 Å². The van der Waals surface area contributed by atoms with E-state index < -0.39 is 0 Å². The molecule has 0 unspecified atom stereocenters. The average molecular weight is 505 g/mol. The maximum absolute atomic E-state index is 13.0. The molecule has 4 aromatic rings. The van der Waals surface area contributed by atoms with Crippen molar-refractivity contribution in [3.05, 3.63) is 87.9 Å². The first-order valence-corrected chi connectivity index (χ1v) is 12.9. The number of anilines is 2. The molecule has 0 aliphatic carbocycles. The zero-order valence-corrected chi connectivity index (χ0v) is 22.3. The molecule has 7 nitrogen and oxygen atoms in total. The van der Waals surface area contributed by atoms with Crippen molar-refractivity contribution in [2.45, 2.75) is 20.8 Å². The maximum Gasteiger partial charge on any atom is 0.253 e. The number of aromatic nitrogens is 2. The number of fused-ring (bicyclic) bond motifs is 1. The summed E-state index contributed by atoms with van der Waals surface area (Å²) in [5, 5.41) is 14.5. The van der Waals surface area contributed by atoms with Gasteiger partial charge in [0.25, 0.3) is 5.91 Å². The van der Waals surface area contributed by atoms with Crippen LogP contribution in [0.25, 0.3) is 23.1 Å². The van der Waals surface area contributed by atoms with Crippen molar-refractivity contribution in [1.29, 1.82) is 5.26 Å². The number of nitrogens with zero attached hydrogens (tertiary/aromatic N) is 4. The fraction of sp³-hybridized carbons (Fsp3) is 0.258. The number of aryl methyl sites for hydroxylation is 3. The standard InChI is InChI=1S/C31H32N6O/c1-20-17-24(31(38)37-15-13-36(4)14-16-37)6-5-23(20)7-8-27-22(3)34-19-25(18-32)30(27)35-28-9-10-29-26(21(28)2)11-12-33-29/h5-12,17,19,33H,13-16H2,1-4H3,(H,34,35). The smallest absolute Gasteiger partial charge is 0.253 e. The van der Waals surface area contributed by atoms with Crippen LogP contribution in [0.2, 0.25) is 0 Å². The first-order chi connectivity index (χ1) is 18.4. The molecule has 2 N–H and O–H groups in total. The SMILES string of the molecule is Cc1cc(C(=O)N2CCN(C)CC2)ccc1C=Cc1c(C)ncc(C#N)c1Nc1ccc2[nH]ccc2c1C. The third-order valence-corrected chi connectivity index (χ3v) is 7.44. The number of likely N-dealkylation sites (N-methyl/N-ethyl adjacent to an activating group) is 1. The number of pyridine rings is 1. The Hall–Kier alpha value is -4.41. The van der Waals surface area contributed by atoms with Gasteiger partial charge in [0, 0.05) is 72.0 Å². The fourth-order valence-electron chi connectivity index (χ4n) is 4.96. The zero-order valence-electron chi connectivity index (χ0n) is 22.3. The van der Waals surface area contributed by atoms with Crippen molar-refractivity contribution >= 4 is 40.3 Å². The molecule has 192 valence electrons. The molecule has 0 atom stereocenters. The lowest BCUT2D eigenvalue weighted by atomic mass is 10.0. The zero-order chi connectivity index (χ0) is 26.8. The predicted octanol–water partition coefficient (Wildman–Crippen LogP) is 5.66. The highest BCUT2D eigenvalue weighted by Crippen LogP contribution is 2.32. The second-order valence-corrected chi connectivity index (χ2v) is 9.96. The van der Waals surface area contributed by atoms with E-state index in [1.807, 2.05) is 67.4 Å².